The second kappa shape index (κ2) is 7.95. The summed E-state index contributed by atoms with van der Waals surface area (Å²) in [7, 11) is 0. The van der Waals surface area contributed by atoms with Crippen LogP contribution in [0.5, 0.6) is 0 Å². The van der Waals surface area contributed by atoms with Crippen molar-refractivity contribution in [3.63, 3.8) is 0 Å². The van der Waals surface area contributed by atoms with Crippen LogP contribution in [0.4, 0.5) is 5.69 Å². The van der Waals surface area contributed by atoms with Crippen LogP contribution in [0.1, 0.15) is 5.69 Å². The van der Waals surface area contributed by atoms with Crippen molar-refractivity contribution in [1.82, 2.24) is 19.4 Å². The average Bonchev–Trinajstić information content (AvgIpc) is 2.58. The number of aromatic nitrogens is 3. The number of hydrogen-bond acceptors (Lipinski definition) is 5. The SMILES string of the molecule is O=c1cccc(CN2CCN(c3cnn(PI)c(=O)c3Cl)CC2)[nH]1. The summed E-state index contributed by atoms with van der Waals surface area (Å²) in [4.78, 5) is 30.6. The molecule has 7 nitrogen and oxygen atoms in total. The molecule has 128 valence electrons. The van der Waals surface area contributed by atoms with Gasteiger partial charge in [-0.2, -0.15) is 5.10 Å². The quantitative estimate of drug-likeness (QED) is 0.534. The topological polar surface area (TPSA) is 74.2 Å². The van der Waals surface area contributed by atoms with E-state index >= 15 is 0 Å². The predicted octanol–water partition coefficient (Wildman–Crippen LogP) is 1.70. The maximum Gasteiger partial charge on any atom is 0.291 e. The Hall–Kier alpha value is -0.960. The molecule has 0 saturated carbocycles. The van der Waals surface area contributed by atoms with Crippen molar-refractivity contribution >= 4 is 45.7 Å². The van der Waals surface area contributed by atoms with Gasteiger partial charge in [0.15, 0.2) is 0 Å². The van der Waals surface area contributed by atoms with E-state index in [2.05, 4.69) is 41.9 Å². The van der Waals surface area contributed by atoms with Crippen molar-refractivity contribution in [1.29, 1.82) is 0 Å². The third-order valence-electron chi connectivity index (χ3n) is 3.92. The highest BCUT2D eigenvalue weighted by Crippen LogP contribution is 2.26. The fraction of sp³-hybridized carbons (Fsp3) is 0.357. The van der Waals surface area contributed by atoms with Gasteiger partial charge in [0, 0.05) is 44.5 Å². The highest BCUT2D eigenvalue weighted by molar-refractivity contribution is 14.2. The standard InChI is InChI=1S/C14H16ClIN5O2P/c15-13-11(8-17-21(24-16)14(13)23)20-6-4-19(5-7-20)9-10-2-1-3-12(22)18-10/h1-3,8,24H,4-7,9H2,(H,18,22). The molecule has 0 aromatic carbocycles. The van der Waals surface area contributed by atoms with Crippen LogP contribution in [-0.2, 0) is 6.54 Å². The smallest absolute Gasteiger partial charge is 0.291 e. The maximum atomic E-state index is 12.1. The van der Waals surface area contributed by atoms with Gasteiger partial charge in [0.25, 0.3) is 5.56 Å². The molecular formula is C14H16ClIN5O2P. The van der Waals surface area contributed by atoms with Crippen molar-refractivity contribution in [2.75, 3.05) is 31.1 Å². The van der Waals surface area contributed by atoms with Crippen molar-refractivity contribution in [2.24, 2.45) is 0 Å². The molecule has 3 heterocycles. The van der Waals surface area contributed by atoms with Gasteiger partial charge in [-0.3, -0.25) is 14.5 Å². The number of hydrogen-bond donors (Lipinski definition) is 1. The molecule has 0 spiro atoms. The molecule has 1 fully saturated rings. The van der Waals surface area contributed by atoms with Crippen molar-refractivity contribution < 1.29 is 0 Å². The fourth-order valence-electron chi connectivity index (χ4n) is 2.68. The van der Waals surface area contributed by atoms with Crippen LogP contribution in [0, 0.1) is 0 Å². The molecule has 2 aromatic heterocycles. The first-order valence-corrected chi connectivity index (χ1v) is 11.8. The van der Waals surface area contributed by atoms with Gasteiger partial charge in [-0.05, 0) is 28.1 Å². The monoisotopic (exact) mass is 479 g/mol. The Kier molecular flexibility index (Phi) is 5.91. The zero-order valence-corrected chi connectivity index (χ0v) is 16.6. The lowest BCUT2D eigenvalue weighted by molar-refractivity contribution is 0.247. The molecule has 0 bridgehead atoms. The highest BCUT2D eigenvalue weighted by Gasteiger charge is 2.21. The van der Waals surface area contributed by atoms with Gasteiger partial charge in [0.2, 0.25) is 5.56 Å². The van der Waals surface area contributed by atoms with Gasteiger partial charge in [-0.15, -0.1) is 0 Å². The van der Waals surface area contributed by atoms with Gasteiger partial charge in [0.1, 0.15) is 5.02 Å². The van der Waals surface area contributed by atoms with E-state index in [1.807, 2.05) is 6.07 Å². The summed E-state index contributed by atoms with van der Waals surface area (Å²) in [6.45, 7) is 3.87. The Labute approximate surface area is 158 Å². The molecule has 1 N–H and O–H groups in total. The summed E-state index contributed by atoms with van der Waals surface area (Å²) >= 11 is 8.33. The first kappa shape index (κ1) is 17.8. The number of aromatic amines is 1. The average molecular weight is 480 g/mol. The zero-order chi connectivity index (χ0) is 17.1. The minimum atomic E-state index is -0.244. The molecule has 1 atom stereocenters. The molecule has 3 rings (SSSR count). The second-order valence-electron chi connectivity index (χ2n) is 5.45. The minimum absolute atomic E-state index is 0.0828. The summed E-state index contributed by atoms with van der Waals surface area (Å²) in [6.07, 6.45) is 1.90. The summed E-state index contributed by atoms with van der Waals surface area (Å²) in [5.41, 5.74) is 1.27. The lowest BCUT2D eigenvalue weighted by Gasteiger charge is -2.36. The summed E-state index contributed by atoms with van der Waals surface area (Å²) in [6, 6.07) is 5.19. The number of halogens is 2. The molecule has 10 heteroatoms. The van der Waals surface area contributed by atoms with E-state index in [1.54, 1.807) is 12.3 Å². The van der Waals surface area contributed by atoms with Gasteiger partial charge < -0.3 is 9.88 Å². The third-order valence-corrected chi connectivity index (χ3v) is 6.12. The number of piperazine rings is 1. The summed E-state index contributed by atoms with van der Waals surface area (Å²) in [5.74, 6) is 0. The van der Waals surface area contributed by atoms with Crippen LogP contribution in [0.15, 0.2) is 34.0 Å². The van der Waals surface area contributed by atoms with Crippen molar-refractivity contribution in [2.45, 2.75) is 6.54 Å². The lowest BCUT2D eigenvalue weighted by atomic mass is 10.2. The molecular weight excluding hydrogens is 464 g/mol. The number of H-pyrrole nitrogens is 1. The number of nitrogens with one attached hydrogen (secondary N) is 1. The Balaban J connectivity index is 1.66. The number of pyridine rings is 1. The summed E-state index contributed by atoms with van der Waals surface area (Å²) in [5, 5.41) is 4.39. The Bertz CT molecular complexity index is 834. The molecule has 1 saturated heterocycles. The van der Waals surface area contributed by atoms with Crippen LogP contribution >= 0.6 is 40.0 Å². The first-order chi connectivity index (χ1) is 11.6. The van der Waals surface area contributed by atoms with Crippen LogP contribution in [-0.4, -0.2) is 45.6 Å². The van der Waals surface area contributed by atoms with Crippen LogP contribution in [0.3, 0.4) is 0 Å². The van der Waals surface area contributed by atoms with E-state index in [0.29, 0.717) is 12.2 Å². The Morgan fingerprint density at radius 1 is 1.25 bits per heavy atom. The van der Waals surface area contributed by atoms with Crippen LogP contribution in [0.25, 0.3) is 0 Å². The summed E-state index contributed by atoms with van der Waals surface area (Å²) < 4.78 is 1.37. The molecule has 1 aliphatic rings. The molecule has 0 radical (unpaired) electrons. The fourth-order valence-corrected chi connectivity index (χ4v) is 4.32. The third kappa shape index (κ3) is 3.99. The van der Waals surface area contributed by atoms with Gasteiger partial charge >= 0.3 is 0 Å². The number of nitrogens with zero attached hydrogens (tertiary/aromatic N) is 4. The van der Waals surface area contributed by atoms with E-state index in [9.17, 15) is 9.59 Å². The second-order valence-corrected chi connectivity index (χ2v) is 7.87. The Morgan fingerprint density at radius 2 is 2.00 bits per heavy atom. The van der Waals surface area contributed by atoms with E-state index < -0.39 is 0 Å². The number of rotatable bonds is 4. The van der Waals surface area contributed by atoms with E-state index in [-0.39, 0.29) is 22.5 Å². The molecule has 0 amide bonds. The largest absolute Gasteiger partial charge is 0.366 e. The van der Waals surface area contributed by atoms with E-state index in [1.165, 1.54) is 10.5 Å². The normalized spacial score (nSPS) is 16.2. The van der Waals surface area contributed by atoms with Crippen LogP contribution in [0.2, 0.25) is 5.02 Å². The highest BCUT2D eigenvalue weighted by atomic mass is 127. The molecule has 1 unspecified atom stereocenters. The van der Waals surface area contributed by atoms with Crippen molar-refractivity contribution in [3.8, 4) is 0 Å². The predicted molar refractivity (Wildman–Crippen MR) is 106 cm³/mol. The van der Waals surface area contributed by atoms with E-state index in [0.717, 1.165) is 31.9 Å². The molecule has 24 heavy (non-hydrogen) atoms. The lowest BCUT2D eigenvalue weighted by Crippen LogP contribution is -2.46. The molecule has 0 aliphatic carbocycles. The first-order valence-electron chi connectivity index (χ1n) is 7.38. The Morgan fingerprint density at radius 3 is 2.67 bits per heavy atom. The zero-order valence-electron chi connectivity index (χ0n) is 12.7. The molecule has 1 aliphatic heterocycles. The minimum Gasteiger partial charge on any atom is -0.366 e. The van der Waals surface area contributed by atoms with Gasteiger partial charge in [-0.1, -0.05) is 17.7 Å². The molecule has 2 aromatic rings. The van der Waals surface area contributed by atoms with Crippen LogP contribution < -0.4 is 16.0 Å². The van der Waals surface area contributed by atoms with Gasteiger partial charge in [-0.25, -0.2) is 4.45 Å². The maximum absolute atomic E-state index is 12.1. The van der Waals surface area contributed by atoms with E-state index in [4.69, 9.17) is 11.6 Å². The van der Waals surface area contributed by atoms with Crippen molar-refractivity contribution in [3.05, 3.63) is 55.8 Å². The van der Waals surface area contributed by atoms with Gasteiger partial charge in [0.05, 0.1) is 18.3 Å². The number of anilines is 1.